The van der Waals surface area contributed by atoms with Gasteiger partial charge >= 0.3 is 0 Å². The second-order valence-electron chi connectivity index (χ2n) is 9.18. The minimum Gasteiger partial charge on any atom is -0.547 e. The van der Waals surface area contributed by atoms with E-state index in [1.165, 1.54) is 22.7 Å². The Morgan fingerprint density at radius 2 is 1.57 bits per heavy atom. The number of ether oxygens (including phenoxy) is 1. The molecule has 3 atom stereocenters. The second kappa shape index (κ2) is 9.04. The van der Waals surface area contributed by atoms with Crippen LogP contribution in [-0.4, -0.2) is 39.1 Å². The molecule has 2 heterocycles. The molecule has 0 amide bonds. The Kier molecular flexibility index (Phi) is 6.19. The van der Waals surface area contributed by atoms with Crippen molar-refractivity contribution in [3.8, 4) is 0 Å². The van der Waals surface area contributed by atoms with Gasteiger partial charge in [0.1, 0.15) is 24.1 Å². The third kappa shape index (κ3) is 4.48. The Morgan fingerprint density at radius 3 is 2.17 bits per heavy atom. The lowest BCUT2D eigenvalue weighted by Gasteiger charge is -2.41. The Morgan fingerprint density at radius 1 is 1.00 bits per heavy atom. The van der Waals surface area contributed by atoms with Crippen molar-refractivity contribution in [3.05, 3.63) is 80.7 Å². The maximum absolute atomic E-state index is 12.1. The Labute approximate surface area is 210 Å². The van der Waals surface area contributed by atoms with E-state index in [1.807, 2.05) is 56.3 Å². The van der Waals surface area contributed by atoms with E-state index in [0.29, 0.717) is 0 Å². The fraction of sp³-hybridized carbons (Fsp3) is 0.296. The van der Waals surface area contributed by atoms with E-state index in [4.69, 9.17) is 4.74 Å². The summed E-state index contributed by atoms with van der Waals surface area (Å²) in [6, 6.07) is 16.1. The number of benzene rings is 2. The summed E-state index contributed by atoms with van der Waals surface area (Å²) in [7, 11) is 0. The Hall–Kier alpha value is -2.75. The molecule has 0 saturated heterocycles. The average molecular weight is 510 g/mol. The number of thiophene rings is 2. The number of fused-ring (bicyclic) bond motifs is 2. The summed E-state index contributed by atoms with van der Waals surface area (Å²) >= 11 is 3.01. The number of carboxylic acids is 1. The fourth-order valence-corrected chi connectivity index (χ4v) is 6.64. The first-order chi connectivity index (χ1) is 16.6. The topological polar surface area (TPSA) is 110 Å². The van der Waals surface area contributed by atoms with Gasteiger partial charge in [0.15, 0.2) is 0 Å². The number of aliphatic hydroxyl groups excluding tert-OH is 2. The van der Waals surface area contributed by atoms with Crippen LogP contribution in [0.25, 0.3) is 20.2 Å². The zero-order chi connectivity index (χ0) is 24.9. The van der Waals surface area contributed by atoms with Crippen molar-refractivity contribution in [2.24, 2.45) is 0 Å². The molecule has 182 valence electrons. The molecule has 5 rings (SSSR count). The summed E-state index contributed by atoms with van der Waals surface area (Å²) in [5.74, 6) is -1.84. The van der Waals surface area contributed by atoms with Crippen LogP contribution in [0.4, 0.5) is 0 Å². The van der Waals surface area contributed by atoms with Crippen molar-refractivity contribution in [2.75, 3.05) is 0 Å². The molecular formula is C27H25O6S2-. The van der Waals surface area contributed by atoms with E-state index in [1.54, 1.807) is 0 Å². The van der Waals surface area contributed by atoms with E-state index >= 15 is 0 Å². The molecule has 6 nitrogen and oxygen atoms in total. The van der Waals surface area contributed by atoms with Crippen LogP contribution in [0.5, 0.6) is 0 Å². The molecule has 0 aliphatic heterocycles. The zero-order valence-electron chi connectivity index (χ0n) is 19.3. The van der Waals surface area contributed by atoms with Gasteiger partial charge in [-0.05, 0) is 48.9 Å². The third-order valence-corrected chi connectivity index (χ3v) is 8.64. The van der Waals surface area contributed by atoms with E-state index in [0.717, 1.165) is 41.1 Å². The van der Waals surface area contributed by atoms with Crippen molar-refractivity contribution in [1.29, 1.82) is 0 Å². The molecule has 0 fully saturated rings. The van der Waals surface area contributed by atoms with Gasteiger partial charge < -0.3 is 30.0 Å². The summed E-state index contributed by atoms with van der Waals surface area (Å²) in [6.07, 6.45) is -3.50. The molecule has 0 radical (unpaired) electrons. The van der Waals surface area contributed by atoms with Gasteiger partial charge in [0, 0.05) is 37.6 Å². The summed E-state index contributed by atoms with van der Waals surface area (Å²) < 4.78 is 8.08. The molecule has 35 heavy (non-hydrogen) atoms. The molecule has 8 heteroatoms. The van der Waals surface area contributed by atoms with Crippen LogP contribution in [0, 0.1) is 13.8 Å². The lowest BCUT2D eigenvalue weighted by molar-refractivity contribution is -0.324. The summed E-state index contributed by atoms with van der Waals surface area (Å²) in [4.78, 5) is 13.8. The fourth-order valence-electron chi connectivity index (χ4n) is 4.62. The highest BCUT2D eigenvalue weighted by molar-refractivity contribution is 7.19. The molecule has 0 unspecified atom stereocenters. The van der Waals surface area contributed by atoms with E-state index in [9.17, 15) is 25.2 Å². The number of hydrogen-bond donors (Lipinski definition) is 3. The van der Waals surface area contributed by atoms with E-state index in [2.05, 4.69) is 6.07 Å². The van der Waals surface area contributed by atoms with Gasteiger partial charge in [-0.2, -0.15) is 0 Å². The average Bonchev–Trinajstić information content (AvgIpc) is 3.39. The van der Waals surface area contributed by atoms with Crippen LogP contribution in [0.2, 0.25) is 0 Å². The quantitative estimate of drug-likeness (QED) is 0.368. The Bertz CT molecular complexity index is 1470. The van der Waals surface area contributed by atoms with Crippen LogP contribution in [0.15, 0.2) is 59.9 Å². The normalized spacial score (nSPS) is 22.8. The largest absolute Gasteiger partial charge is 0.547 e. The van der Waals surface area contributed by atoms with E-state index in [-0.39, 0.29) is 24.4 Å². The predicted octanol–water partition coefficient (Wildman–Crippen LogP) is 3.35. The van der Waals surface area contributed by atoms with Gasteiger partial charge in [-0.1, -0.05) is 35.4 Å². The molecule has 1 aliphatic rings. The zero-order valence-corrected chi connectivity index (χ0v) is 20.9. The number of carbonyl (C=O) groups excluding carboxylic acids is 1. The SMILES string of the molecule is Cc1ccc2sc(COC3=C(Cc4cc5cc(C)ccc5s4)[C@@](O)(C(=O)[O-])C[C@@H](O)[C@@H]3O)cc2c1. The standard InChI is InChI=1S/C27H26O6S2/c1-14-3-5-22-16(7-14)9-18(34-22)11-20-25(24(29)21(28)12-27(20,32)26(30)31)33-13-19-10-17-8-15(2)4-6-23(17)35-19/h3-10,21,24,28-29,32H,11-13H2,1-2H3,(H,30,31)/p-1/t21-,24+,27-/m1/s1. The second-order valence-corrected chi connectivity index (χ2v) is 11.5. The Balaban J connectivity index is 1.53. The van der Waals surface area contributed by atoms with Crippen LogP contribution in [-0.2, 0) is 22.6 Å². The molecule has 0 spiro atoms. The minimum absolute atomic E-state index is 0.00975. The molecule has 0 saturated carbocycles. The van der Waals surface area contributed by atoms with E-state index < -0.39 is 30.2 Å². The van der Waals surface area contributed by atoms with Crippen LogP contribution < -0.4 is 5.11 Å². The number of aliphatic carboxylic acids is 1. The highest BCUT2D eigenvalue weighted by atomic mass is 32.1. The minimum atomic E-state index is -2.46. The van der Waals surface area contributed by atoms with Crippen molar-refractivity contribution >= 4 is 48.8 Å². The van der Waals surface area contributed by atoms with Gasteiger partial charge in [0.2, 0.25) is 0 Å². The van der Waals surface area contributed by atoms with Crippen molar-refractivity contribution in [2.45, 2.75) is 51.1 Å². The first kappa shape index (κ1) is 24.0. The number of aryl methyl sites for hydroxylation is 2. The maximum atomic E-state index is 12.1. The molecule has 2 aromatic heterocycles. The number of hydrogen-bond acceptors (Lipinski definition) is 8. The molecule has 1 aliphatic carbocycles. The van der Waals surface area contributed by atoms with Crippen molar-refractivity contribution in [1.82, 2.24) is 0 Å². The first-order valence-corrected chi connectivity index (χ1v) is 12.9. The van der Waals surface area contributed by atoms with Crippen LogP contribution >= 0.6 is 22.7 Å². The molecule has 4 aromatic rings. The first-order valence-electron chi connectivity index (χ1n) is 11.3. The number of carboxylic acid groups (broad SMARTS) is 1. The van der Waals surface area contributed by atoms with Gasteiger partial charge in [0.25, 0.3) is 0 Å². The summed E-state index contributed by atoms with van der Waals surface area (Å²) in [6.45, 7) is 4.07. The summed E-state index contributed by atoms with van der Waals surface area (Å²) in [5, 5.41) is 46.5. The highest BCUT2D eigenvalue weighted by Gasteiger charge is 2.47. The van der Waals surface area contributed by atoms with Crippen LogP contribution in [0.3, 0.4) is 0 Å². The van der Waals surface area contributed by atoms with Gasteiger partial charge in [-0.25, -0.2) is 0 Å². The van der Waals surface area contributed by atoms with Crippen LogP contribution in [0.1, 0.15) is 27.3 Å². The van der Waals surface area contributed by atoms with Gasteiger partial charge in [-0.15, -0.1) is 22.7 Å². The lowest BCUT2D eigenvalue weighted by Crippen LogP contribution is -2.57. The molecule has 3 N–H and O–H groups in total. The predicted molar refractivity (Wildman–Crippen MR) is 135 cm³/mol. The third-order valence-electron chi connectivity index (χ3n) is 6.44. The number of carbonyl (C=O) groups is 1. The van der Waals surface area contributed by atoms with Crippen molar-refractivity contribution < 1.29 is 30.0 Å². The smallest absolute Gasteiger partial charge is 0.137 e. The molecule has 2 aromatic carbocycles. The van der Waals surface area contributed by atoms with Gasteiger partial charge in [0.05, 0.1) is 12.1 Å². The highest BCUT2D eigenvalue weighted by Crippen LogP contribution is 2.39. The van der Waals surface area contributed by atoms with Crippen molar-refractivity contribution in [3.63, 3.8) is 0 Å². The monoisotopic (exact) mass is 509 g/mol. The number of rotatable bonds is 6. The number of aliphatic hydroxyl groups is 3. The maximum Gasteiger partial charge on any atom is 0.137 e. The van der Waals surface area contributed by atoms with Gasteiger partial charge in [-0.3, -0.25) is 0 Å². The molecule has 0 bridgehead atoms. The summed E-state index contributed by atoms with van der Waals surface area (Å²) in [5.41, 5.74) is -0.213. The lowest BCUT2D eigenvalue weighted by atomic mass is 9.77. The molecular weight excluding hydrogens is 484 g/mol.